The van der Waals surface area contributed by atoms with Crippen molar-refractivity contribution < 1.29 is 0 Å². The van der Waals surface area contributed by atoms with Crippen molar-refractivity contribution in [2.24, 2.45) is 0 Å². The molecule has 0 amide bonds. The number of aromatic nitrogens is 2. The summed E-state index contributed by atoms with van der Waals surface area (Å²) < 4.78 is 0. The molecule has 0 saturated heterocycles. The van der Waals surface area contributed by atoms with Gasteiger partial charge in [-0.1, -0.05) is 30.3 Å². The molecule has 0 radical (unpaired) electrons. The number of nitrogens with zero attached hydrogens (tertiary/aromatic N) is 4. The van der Waals surface area contributed by atoms with E-state index in [9.17, 15) is 10.5 Å². The summed E-state index contributed by atoms with van der Waals surface area (Å²) in [6.07, 6.45) is 3.26. The van der Waals surface area contributed by atoms with Gasteiger partial charge in [-0.15, -0.1) is 0 Å². The Labute approximate surface area is 126 Å². The highest BCUT2D eigenvalue weighted by molar-refractivity contribution is 6.11. The van der Waals surface area contributed by atoms with Gasteiger partial charge in [-0.3, -0.25) is 9.97 Å². The summed E-state index contributed by atoms with van der Waals surface area (Å²) in [6.45, 7) is 0. The van der Waals surface area contributed by atoms with E-state index in [4.69, 9.17) is 0 Å². The molecule has 0 saturated carbocycles. The molecule has 2 aromatic carbocycles. The maximum absolute atomic E-state index is 9.34. The van der Waals surface area contributed by atoms with Gasteiger partial charge in [0, 0.05) is 23.5 Å². The predicted molar refractivity (Wildman–Crippen MR) is 82.2 cm³/mol. The summed E-state index contributed by atoms with van der Waals surface area (Å²) >= 11 is 0. The van der Waals surface area contributed by atoms with E-state index in [-0.39, 0.29) is 5.57 Å². The molecule has 0 bridgehead atoms. The highest BCUT2D eigenvalue weighted by atomic mass is 14.8. The third kappa shape index (κ3) is 1.49. The van der Waals surface area contributed by atoms with Crippen LogP contribution in [0.15, 0.2) is 54.4 Å². The summed E-state index contributed by atoms with van der Waals surface area (Å²) in [7, 11) is 0. The van der Waals surface area contributed by atoms with Crippen molar-refractivity contribution in [2.45, 2.75) is 0 Å². The van der Waals surface area contributed by atoms with Crippen LogP contribution in [0.4, 0.5) is 0 Å². The fraction of sp³-hybridized carbons (Fsp3) is 0. The predicted octanol–water partition coefficient (Wildman–Crippen LogP) is 3.46. The fourth-order valence-corrected chi connectivity index (χ4v) is 2.98. The number of allylic oxidation sites excluding steroid dienone is 1. The van der Waals surface area contributed by atoms with E-state index in [1.807, 2.05) is 48.5 Å². The van der Waals surface area contributed by atoms with Crippen LogP contribution in [-0.4, -0.2) is 9.97 Å². The third-order valence-corrected chi connectivity index (χ3v) is 3.85. The summed E-state index contributed by atoms with van der Waals surface area (Å²) in [5, 5.41) is 18.7. The van der Waals surface area contributed by atoms with Crippen molar-refractivity contribution in [3.8, 4) is 23.3 Å². The molecule has 0 fully saturated rings. The van der Waals surface area contributed by atoms with Crippen molar-refractivity contribution in [2.75, 3.05) is 0 Å². The monoisotopic (exact) mass is 280 g/mol. The highest BCUT2D eigenvalue weighted by Crippen LogP contribution is 2.47. The summed E-state index contributed by atoms with van der Waals surface area (Å²) in [4.78, 5) is 8.74. The quantitative estimate of drug-likeness (QED) is 0.462. The second-order valence-electron chi connectivity index (χ2n) is 4.93. The Hall–Kier alpha value is -3.50. The molecule has 4 heteroatoms. The molecule has 0 spiro atoms. The van der Waals surface area contributed by atoms with Gasteiger partial charge in [0.25, 0.3) is 0 Å². The molecule has 22 heavy (non-hydrogen) atoms. The standard InChI is InChI=1S/C18H8N4/c19-9-11(10-20)16-13-4-2-1-3-12(13)14-5-6-15-18(17(14)16)22-8-7-21-15/h1-8H. The zero-order valence-corrected chi connectivity index (χ0v) is 11.4. The molecule has 1 aliphatic carbocycles. The lowest BCUT2D eigenvalue weighted by Crippen LogP contribution is -1.92. The second kappa shape index (κ2) is 4.51. The van der Waals surface area contributed by atoms with E-state index in [0.717, 1.165) is 27.8 Å². The summed E-state index contributed by atoms with van der Waals surface area (Å²) in [6, 6.07) is 15.7. The molecular weight excluding hydrogens is 272 g/mol. The molecule has 3 aromatic rings. The Kier molecular flexibility index (Phi) is 2.51. The van der Waals surface area contributed by atoms with E-state index in [2.05, 4.69) is 9.97 Å². The number of nitriles is 2. The Balaban J connectivity index is 2.25. The number of fused-ring (bicyclic) bond motifs is 5. The molecule has 0 unspecified atom stereocenters. The van der Waals surface area contributed by atoms with E-state index < -0.39 is 0 Å². The van der Waals surface area contributed by atoms with Crippen LogP contribution >= 0.6 is 0 Å². The molecule has 100 valence electrons. The van der Waals surface area contributed by atoms with Crippen molar-refractivity contribution in [3.05, 3.63) is 65.5 Å². The van der Waals surface area contributed by atoms with Gasteiger partial charge in [0.2, 0.25) is 0 Å². The molecule has 4 rings (SSSR count). The van der Waals surface area contributed by atoms with Gasteiger partial charge in [-0.2, -0.15) is 10.5 Å². The third-order valence-electron chi connectivity index (χ3n) is 3.85. The maximum Gasteiger partial charge on any atom is 0.138 e. The SMILES string of the molecule is N#CC(C#N)=C1c2ccccc2-c2ccc3nccnc3c21. The first-order valence-electron chi connectivity index (χ1n) is 6.73. The summed E-state index contributed by atoms with van der Waals surface area (Å²) in [5.41, 5.74) is 5.95. The molecule has 0 aliphatic heterocycles. The molecule has 0 atom stereocenters. The van der Waals surface area contributed by atoms with Gasteiger partial charge in [0.1, 0.15) is 17.7 Å². The molecule has 1 aromatic heterocycles. The van der Waals surface area contributed by atoms with Crippen molar-refractivity contribution in [1.82, 2.24) is 9.97 Å². The van der Waals surface area contributed by atoms with Gasteiger partial charge >= 0.3 is 0 Å². The van der Waals surface area contributed by atoms with Crippen molar-refractivity contribution in [3.63, 3.8) is 0 Å². The van der Waals surface area contributed by atoms with E-state index in [1.165, 1.54) is 0 Å². The Morgan fingerprint density at radius 1 is 0.818 bits per heavy atom. The molecule has 1 aliphatic rings. The lowest BCUT2D eigenvalue weighted by atomic mass is 9.98. The van der Waals surface area contributed by atoms with Gasteiger partial charge in [-0.05, 0) is 22.8 Å². The van der Waals surface area contributed by atoms with Gasteiger partial charge < -0.3 is 0 Å². The maximum atomic E-state index is 9.34. The first kappa shape index (κ1) is 12.3. The van der Waals surface area contributed by atoms with Crippen LogP contribution < -0.4 is 0 Å². The van der Waals surface area contributed by atoms with Gasteiger partial charge in [-0.25, -0.2) is 0 Å². The highest BCUT2D eigenvalue weighted by Gasteiger charge is 2.28. The Morgan fingerprint density at radius 2 is 1.55 bits per heavy atom. The average Bonchev–Trinajstić information content (AvgIpc) is 2.92. The Morgan fingerprint density at radius 3 is 2.32 bits per heavy atom. The van der Waals surface area contributed by atoms with E-state index in [1.54, 1.807) is 12.4 Å². The number of benzene rings is 2. The van der Waals surface area contributed by atoms with Crippen LogP contribution in [0, 0.1) is 22.7 Å². The minimum absolute atomic E-state index is 0.101. The minimum Gasteiger partial charge on any atom is -0.253 e. The second-order valence-corrected chi connectivity index (χ2v) is 4.93. The molecular formula is C18H8N4. The topological polar surface area (TPSA) is 73.4 Å². The van der Waals surface area contributed by atoms with Crippen molar-refractivity contribution >= 4 is 16.6 Å². The van der Waals surface area contributed by atoms with Crippen LogP contribution in [0.2, 0.25) is 0 Å². The van der Waals surface area contributed by atoms with Gasteiger partial charge in [0.05, 0.1) is 11.0 Å². The number of hydrogen-bond acceptors (Lipinski definition) is 4. The van der Waals surface area contributed by atoms with Crippen molar-refractivity contribution in [1.29, 1.82) is 10.5 Å². The summed E-state index contributed by atoms with van der Waals surface area (Å²) in [5.74, 6) is 0. The number of rotatable bonds is 0. The van der Waals surface area contributed by atoms with E-state index in [0.29, 0.717) is 11.1 Å². The molecule has 4 nitrogen and oxygen atoms in total. The van der Waals surface area contributed by atoms with Crippen LogP contribution in [0.25, 0.3) is 27.7 Å². The average molecular weight is 280 g/mol. The zero-order valence-electron chi connectivity index (χ0n) is 11.4. The lowest BCUT2D eigenvalue weighted by molar-refractivity contribution is 1.29. The van der Waals surface area contributed by atoms with Crippen LogP contribution in [-0.2, 0) is 0 Å². The molecule has 0 N–H and O–H groups in total. The normalized spacial score (nSPS) is 11.5. The fourth-order valence-electron chi connectivity index (χ4n) is 2.98. The largest absolute Gasteiger partial charge is 0.253 e. The zero-order chi connectivity index (χ0) is 15.1. The minimum atomic E-state index is 0.101. The van der Waals surface area contributed by atoms with Crippen LogP contribution in [0.3, 0.4) is 0 Å². The molecule has 1 heterocycles. The Bertz CT molecular complexity index is 1030. The first-order valence-corrected chi connectivity index (χ1v) is 6.73. The lowest BCUT2D eigenvalue weighted by Gasteiger charge is -2.05. The smallest absolute Gasteiger partial charge is 0.138 e. The first-order chi connectivity index (χ1) is 10.8. The van der Waals surface area contributed by atoms with Gasteiger partial charge in [0.15, 0.2) is 0 Å². The van der Waals surface area contributed by atoms with Crippen LogP contribution in [0.1, 0.15) is 11.1 Å². The van der Waals surface area contributed by atoms with E-state index >= 15 is 0 Å². The van der Waals surface area contributed by atoms with Crippen LogP contribution in [0.5, 0.6) is 0 Å². The number of hydrogen-bond donors (Lipinski definition) is 0.